The Labute approximate surface area is 269 Å². The third-order valence-electron chi connectivity index (χ3n) is 9.44. The largest absolute Gasteiger partial charge is 1.00 e. The second-order valence-corrected chi connectivity index (χ2v) is 12.7. The third-order valence-corrected chi connectivity index (χ3v) is 9.68. The van der Waals surface area contributed by atoms with Crippen LogP contribution in [0, 0.1) is 34.8 Å². The molecule has 4 bridgehead atoms. The van der Waals surface area contributed by atoms with Gasteiger partial charge in [-0.3, -0.25) is 4.79 Å². The summed E-state index contributed by atoms with van der Waals surface area (Å²) in [6.45, 7) is 0.134. The number of anilines is 1. The molecule has 4 aromatic rings. The smallest absolute Gasteiger partial charge is 0.543 e. The Kier molecular flexibility index (Phi) is 7.75. The molecule has 210 valence electrons. The summed E-state index contributed by atoms with van der Waals surface area (Å²) in [6.07, 6.45) is 6.05. The van der Waals surface area contributed by atoms with Crippen LogP contribution in [0.4, 0.5) is 14.5 Å². The van der Waals surface area contributed by atoms with Gasteiger partial charge in [0.2, 0.25) is 5.91 Å². The van der Waals surface area contributed by atoms with Gasteiger partial charge in [-0.25, -0.2) is 8.78 Å². The van der Waals surface area contributed by atoms with Crippen LogP contribution in [0.1, 0.15) is 54.6 Å². The molecule has 0 radical (unpaired) electrons. The topological polar surface area (TPSA) is 74.2 Å². The van der Waals surface area contributed by atoms with Crippen molar-refractivity contribution in [2.75, 3.05) is 5.32 Å². The fraction of sp³-hybridized carbons (Fsp3) is 0.333. The number of amides is 1. The van der Waals surface area contributed by atoms with Crippen molar-refractivity contribution < 1.29 is 53.0 Å². The summed E-state index contributed by atoms with van der Waals surface area (Å²) in [5.41, 5.74) is 1.61. The van der Waals surface area contributed by atoms with E-state index in [9.17, 15) is 23.5 Å². The molecular formula is C33H28ClF2N2NaO3. The van der Waals surface area contributed by atoms with Crippen LogP contribution < -0.4 is 40.0 Å². The van der Waals surface area contributed by atoms with Crippen LogP contribution in [0.25, 0.3) is 22.0 Å². The van der Waals surface area contributed by atoms with E-state index in [1.807, 2.05) is 6.07 Å². The number of benzene rings is 3. The summed E-state index contributed by atoms with van der Waals surface area (Å²) in [7, 11) is 0. The number of nitrogens with one attached hydrogen (secondary N) is 1. The zero-order valence-corrected chi connectivity index (χ0v) is 26.0. The number of hydrogen-bond donors (Lipinski definition) is 1. The summed E-state index contributed by atoms with van der Waals surface area (Å²) in [6, 6.07) is 15.4. The number of aromatic carboxylic acids is 1. The van der Waals surface area contributed by atoms with E-state index >= 15 is 0 Å². The first-order valence-electron chi connectivity index (χ1n) is 14.1. The van der Waals surface area contributed by atoms with Crippen molar-refractivity contribution >= 4 is 40.1 Å². The molecule has 4 fully saturated rings. The summed E-state index contributed by atoms with van der Waals surface area (Å²) < 4.78 is 29.7. The van der Waals surface area contributed by atoms with Gasteiger partial charge < -0.3 is 19.8 Å². The first kappa shape index (κ1) is 29.4. The zero-order chi connectivity index (χ0) is 28.5. The van der Waals surface area contributed by atoms with Gasteiger partial charge in [-0.2, -0.15) is 0 Å². The predicted molar refractivity (Wildman–Crippen MR) is 151 cm³/mol. The van der Waals surface area contributed by atoms with Crippen LogP contribution in [0.15, 0.2) is 60.7 Å². The zero-order valence-electron chi connectivity index (χ0n) is 23.3. The van der Waals surface area contributed by atoms with E-state index in [1.165, 1.54) is 31.4 Å². The van der Waals surface area contributed by atoms with E-state index in [-0.39, 0.29) is 53.4 Å². The van der Waals surface area contributed by atoms with Crippen LogP contribution in [-0.4, -0.2) is 16.4 Å². The monoisotopic (exact) mass is 596 g/mol. The Hall–Kier alpha value is -2.71. The fourth-order valence-electron chi connectivity index (χ4n) is 8.21. The van der Waals surface area contributed by atoms with Gasteiger partial charge in [0.25, 0.3) is 0 Å². The minimum Gasteiger partial charge on any atom is -0.543 e. The number of carbonyl (C=O) groups excluding carboxylic acids is 2. The van der Waals surface area contributed by atoms with Crippen molar-refractivity contribution in [2.24, 2.45) is 23.2 Å². The molecule has 4 aliphatic rings. The van der Waals surface area contributed by atoms with Gasteiger partial charge >= 0.3 is 29.6 Å². The summed E-state index contributed by atoms with van der Waals surface area (Å²) >= 11 is 6.22. The molecule has 5 nitrogen and oxygen atoms in total. The standard InChI is InChI=1S/C33H29ClF2N2O3.Na/c34-24-3-1-2-18(9-24)17-38-28-12-22(23-10-25(35)13-26(36)11-23)4-5-27(28)29(30(38)31(39)40)37-32(41)33-14-19-6-20(15-33)8-21(7-19)16-33;/h1-5,9-13,19-21H,6-8,14-17H2,(H,37,41)(H,39,40);/q;+1/p-1. The minimum absolute atomic E-state index is 0. The average molecular weight is 597 g/mol. The quantitative estimate of drug-likeness (QED) is 0.344. The number of carbonyl (C=O) groups is 2. The van der Waals surface area contributed by atoms with Gasteiger partial charge in [0.1, 0.15) is 11.6 Å². The second kappa shape index (κ2) is 11.1. The van der Waals surface area contributed by atoms with Crippen LogP contribution in [-0.2, 0) is 11.3 Å². The molecule has 42 heavy (non-hydrogen) atoms. The number of rotatable bonds is 6. The van der Waals surface area contributed by atoms with E-state index < -0.39 is 23.0 Å². The normalized spacial score (nSPS) is 24.0. The van der Waals surface area contributed by atoms with Crippen molar-refractivity contribution in [2.45, 2.75) is 45.1 Å². The molecule has 1 heterocycles. The van der Waals surface area contributed by atoms with Crippen molar-refractivity contribution in [3.8, 4) is 11.1 Å². The molecule has 0 saturated heterocycles. The summed E-state index contributed by atoms with van der Waals surface area (Å²) in [5, 5.41) is 16.8. The maximum atomic E-state index is 14.1. The van der Waals surface area contributed by atoms with E-state index in [2.05, 4.69) is 5.32 Å². The Morgan fingerprint density at radius 3 is 2.14 bits per heavy atom. The number of hydrogen-bond acceptors (Lipinski definition) is 3. The van der Waals surface area contributed by atoms with Crippen molar-refractivity contribution in [1.82, 2.24) is 4.57 Å². The van der Waals surface area contributed by atoms with Crippen molar-refractivity contribution in [3.63, 3.8) is 0 Å². The molecular weight excluding hydrogens is 569 g/mol. The average Bonchev–Trinajstić information content (AvgIpc) is 3.19. The number of nitrogens with zero attached hydrogens (tertiary/aromatic N) is 1. The van der Waals surface area contributed by atoms with E-state index in [4.69, 9.17) is 11.6 Å². The number of halogens is 3. The first-order valence-corrected chi connectivity index (χ1v) is 14.5. The molecule has 9 heteroatoms. The maximum Gasteiger partial charge on any atom is 1.00 e. The molecule has 0 aliphatic heterocycles. The van der Waals surface area contributed by atoms with Crippen LogP contribution in [0.3, 0.4) is 0 Å². The first-order chi connectivity index (χ1) is 19.7. The molecule has 4 saturated carbocycles. The van der Waals surface area contributed by atoms with Crippen molar-refractivity contribution in [1.29, 1.82) is 0 Å². The maximum absolute atomic E-state index is 14.1. The molecule has 0 spiro atoms. The Morgan fingerprint density at radius 1 is 0.905 bits per heavy atom. The fourth-order valence-corrected chi connectivity index (χ4v) is 8.42. The SMILES string of the molecule is O=C([O-])c1c(NC(=O)C23CC4CC(CC(C4)C2)C3)c2ccc(-c3cc(F)cc(F)c3)cc2n1Cc1cccc(Cl)c1.[Na+]. The number of fused-ring (bicyclic) bond motifs is 1. The molecule has 4 aliphatic carbocycles. The molecule has 0 atom stereocenters. The third kappa shape index (κ3) is 5.19. The molecule has 1 aromatic heterocycles. The number of carboxylic acid groups (broad SMARTS) is 1. The Bertz CT molecular complexity index is 1680. The predicted octanol–water partition coefficient (Wildman–Crippen LogP) is 3.81. The molecule has 0 unspecified atom stereocenters. The van der Waals surface area contributed by atoms with Gasteiger partial charge in [-0.05, 0) is 103 Å². The Morgan fingerprint density at radius 2 is 1.55 bits per heavy atom. The number of aromatic nitrogens is 1. The van der Waals surface area contributed by atoms with E-state index in [0.717, 1.165) is 30.9 Å². The number of carboxylic acids is 1. The molecule has 3 aromatic carbocycles. The molecule has 1 N–H and O–H groups in total. The summed E-state index contributed by atoms with van der Waals surface area (Å²) in [4.78, 5) is 26.8. The van der Waals surface area contributed by atoms with Gasteiger partial charge in [0.15, 0.2) is 0 Å². The van der Waals surface area contributed by atoms with E-state index in [0.29, 0.717) is 44.8 Å². The van der Waals surface area contributed by atoms with Gasteiger partial charge in [-0.1, -0.05) is 35.9 Å². The van der Waals surface area contributed by atoms with Gasteiger partial charge in [0, 0.05) is 23.0 Å². The van der Waals surface area contributed by atoms with Crippen molar-refractivity contribution in [3.05, 3.63) is 88.6 Å². The van der Waals surface area contributed by atoms with Crippen LogP contribution >= 0.6 is 11.6 Å². The molecule has 8 rings (SSSR count). The van der Waals surface area contributed by atoms with Gasteiger partial charge in [0.05, 0.1) is 28.3 Å². The van der Waals surface area contributed by atoms with Crippen LogP contribution in [0.2, 0.25) is 5.02 Å². The minimum atomic E-state index is -1.43. The van der Waals surface area contributed by atoms with Gasteiger partial charge in [-0.15, -0.1) is 0 Å². The van der Waals surface area contributed by atoms with Crippen LogP contribution in [0.5, 0.6) is 0 Å². The summed E-state index contributed by atoms with van der Waals surface area (Å²) in [5.74, 6) is -1.34. The Balaban J connectivity index is 0.00000316. The molecule has 1 amide bonds. The van der Waals surface area contributed by atoms with E-state index in [1.54, 1.807) is 41.0 Å². The second-order valence-electron chi connectivity index (χ2n) is 12.3.